The van der Waals surface area contributed by atoms with Crippen molar-refractivity contribution in [3.63, 3.8) is 0 Å². The van der Waals surface area contributed by atoms with Crippen molar-refractivity contribution in [3.8, 4) is 11.1 Å². The third-order valence-electron chi connectivity index (χ3n) is 8.20. The number of carbonyl (C=O) groups excluding carboxylic acids is 1. The number of hydrogen-bond donors (Lipinski definition) is 0. The van der Waals surface area contributed by atoms with Crippen LogP contribution in [0.3, 0.4) is 0 Å². The Hall–Kier alpha value is -2.16. The molecular formula is C31H41FO2. The van der Waals surface area contributed by atoms with Gasteiger partial charge in [-0.1, -0.05) is 63.8 Å². The van der Waals surface area contributed by atoms with Gasteiger partial charge in [0.25, 0.3) is 0 Å². The molecule has 0 heterocycles. The SMILES string of the molecule is CCC[C@H]1CC[C@H](OC(=O)c2ccc(-c3ccc([C@H]4CC[C@H](CCC)CC4)cc3F)cc2)CC1. The van der Waals surface area contributed by atoms with Crippen LogP contribution >= 0.6 is 0 Å². The molecule has 2 aromatic carbocycles. The first kappa shape index (κ1) is 24.9. The predicted molar refractivity (Wildman–Crippen MR) is 138 cm³/mol. The molecule has 34 heavy (non-hydrogen) atoms. The van der Waals surface area contributed by atoms with Gasteiger partial charge >= 0.3 is 5.97 Å². The summed E-state index contributed by atoms with van der Waals surface area (Å²) < 4.78 is 20.8. The van der Waals surface area contributed by atoms with E-state index in [-0.39, 0.29) is 17.9 Å². The van der Waals surface area contributed by atoms with E-state index in [1.54, 1.807) is 18.2 Å². The monoisotopic (exact) mass is 464 g/mol. The van der Waals surface area contributed by atoms with Crippen molar-refractivity contribution in [2.75, 3.05) is 0 Å². The highest BCUT2D eigenvalue weighted by Gasteiger charge is 2.25. The van der Waals surface area contributed by atoms with Crippen molar-refractivity contribution in [1.82, 2.24) is 0 Å². The number of ether oxygens (including phenoxy) is 1. The van der Waals surface area contributed by atoms with Gasteiger partial charge in [-0.25, -0.2) is 9.18 Å². The van der Waals surface area contributed by atoms with Gasteiger partial charge < -0.3 is 4.74 Å². The molecule has 2 saturated carbocycles. The third kappa shape index (κ3) is 6.29. The first-order valence-electron chi connectivity index (χ1n) is 13.7. The lowest BCUT2D eigenvalue weighted by Crippen LogP contribution is -2.24. The van der Waals surface area contributed by atoms with E-state index in [1.807, 2.05) is 18.2 Å². The van der Waals surface area contributed by atoms with Gasteiger partial charge in [0.15, 0.2) is 0 Å². The zero-order valence-electron chi connectivity index (χ0n) is 21.0. The summed E-state index contributed by atoms with van der Waals surface area (Å²) in [4.78, 5) is 12.6. The van der Waals surface area contributed by atoms with Crippen LogP contribution in [0.2, 0.25) is 0 Å². The summed E-state index contributed by atoms with van der Waals surface area (Å²) >= 11 is 0. The predicted octanol–water partition coefficient (Wildman–Crippen LogP) is 9.08. The standard InChI is InChI=1S/C31H41FO2/c1-3-5-22-7-11-24(12-8-22)27-17-20-29(30(32)21-27)25-13-15-26(16-14-25)31(33)34-28-18-9-23(6-4-2)10-19-28/h13-17,20-24,28H,3-12,18-19H2,1-2H3/t22-,23-,24-,28-. The molecule has 184 valence electrons. The van der Waals surface area contributed by atoms with Crippen LogP contribution in [0.25, 0.3) is 11.1 Å². The fourth-order valence-corrected chi connectivity index (χ4v) is 6.16. The Morgan fingerprint density at radius 2 is 1.41 bits per heavy atom. The molecule has 0 atom stereocenters. The van der Waals surface area contributed by atoms with Gasteiger partial charge in [-0.05, 0) is 98.4 Å². The van der Waals surface area contributed by atoms with E-state index in [1.165, 1.54) is 51.4 Å². The topological polar surface area (TPSA) is 26.3 Å². The summed E-state index contributed by atoms with van der Waals surface area (Å²) in [5, 5.41) is 0. The lowest BCUT2D eigenvalue weighted by molar-refractivity contribution is 0.0161. The van der Waals surface area contributed by atoms with Crippen molar-refractivity contribution in [1.29, 1.82) is 0 Å². The van der Waals surface area contributed by atoms with E-state index in [4.69, 9.17) is 4.74 Å². The fourth-order valence-electron chi connectivity index (χ4n) is 6.16. The number of hydrogen-bond acceptors (Lipinski definition) is 2. The van der Waals surface area contributed by atoms with E-state index < -0.39 is 0 Å². The van der Waals surface area contributed by atoms with Crippen molar-refractivity contribution < 1.29 is 13.9 Å². The Kier molecular flexibility index (Phi) is 8.80. The molecule has 3 heteroatoms. The van der Waals surface area contributed by atoms with Gasteiger partial charge in [0, 0.05) is 5.56 Å². The summed E-state index contributed by atoms with van der Waals surface area (Å²) in [6.07, 6.45) is 14.2. The second-order valence-corrected chi connectivity index (χ2v) is 10.7. The molecule has 0 aromatic heterocycles. The molecule has 2 aliphatic carbocycles. The molecule has 2 nitrogen and oxygen atoms in total. The molecule has 0 amide bonds. The van der Waals surface area contributed by atoms with Crippen molar-refractivity contribution >= 4 is 5.97 Å². The lowest BCUT2D eigenvalue weighted by Gasteiger charge is -2.28. The first-order chi connectivity index (χ1) is 16.6. The Morgan fingerprint density at radius 3 is 1.97 bits per heavy atom. The van der Waals surface area contributed by atoms with Crippen LogP contribution in [0.1, 0.15) is 113 Å². The van der Waals surface area contributed by atoms with Crippen LogP contribution in [0, 0.1) is 17.7 Å². The van der Waals surface area contributed by atoms with Crippen LogP contribution in [0.4, 0.5) is 4.39 Å². The van der Waals surface area contributed by atoms with Gasteiger partial charge in [-0.3, -0.25) is 0 Å². The Balaban J connectivity index is 1.34. The van der Waals surface area contributed by atoms with Crippen LogP contribution in [0.15, 0.2) is 42.5 Å². The molecule has 0 bridgehead atoms. The van der Waals surface area contributed by atoms with Crippen LogP contribution < -0.4 is 0 Å². The number of carbonyl (C=O) groups is 1. The Morgan fingerprint density at radius 1 is 0.824 bits per heavy atom. The van der Waals surface area contributed by atoms with Crippen LogP contribution in [-0.4, -0.2) is 12.1 Å². The van der Waals surface area contributed by atoms with Gasteiger partial charge in [0.1, 0.15) is 11.9 Å². The maximum atomic E-state index is 15.1. The highest BCUT2D eigenvalue weighted by molar-refractivity contribution is 5.90. The summed E-state index contributed by atoms with van der Waals surface area (Å²) in [6.45, 7) is 4.49. The van der Waals surface area contributed by atoms with Crippen LogP contribution in [-0.2, 0) is 4.74 Å². The van der Waals surface area contributed by atoms with Crippen molar-refractivity contribution in [2.24, 2.45) is 11.8 Å². The summed E-state index contributed by atoms with van der Waals surface area (Å²) in [5.74, 6) is 1.68. The molecule has 0 saturated heterocycles. The molecule has 2 fully saturated rings. The molecule has 0 N–H and O–H groups in total. The summed E-state index contributed by atoms with van der Waals surface area (Å²) in [6, 6.07) is 12.9. The molecule has 2 aliphatic rings. The average Bonchev–Trinajstić information content (AvgIpc) is 2.86. The molecule has 0 aliphatic heterocycles. The number of rotatable bonds is 8. The van der Waals surface area contributed by atoms with E-state index in [0.29, 0.717) is 17.0 Å². The zero-order chi connectivity index (χ0) is 23.9. The minimum absolute atomic E-state index is 0.0299. The second kappa shape index (κ2) is 12.0. The molecule has 0 unspecified atom stereocenters. The molecule has 0 radical (unpaired) electrons. The highest BCUT2D eigenvalue weighted by atomic mass is 19.1. The highest BCUT2D eigenvalue weighted by Crippen LogP contribution is 2.38. The van der Waals surface area contributed by atoms with E-state index in [0.717, 1.165) is 48.6 Å². The maximum absolute atomic E-state index is 15.1. The number of halogens is 1. The zero-order valence-corrected chi connectivity index (χ0v) is 21.0. The quantitative estimate of drug-likeness (QED) is 0.364. The lowest BCUT2D eigenvalue weighted by atomic mass is 9.77. The van der Waals surface area contributed by atoms with Crippen molar-refractivity contribution in [2.45, 2.75) is 103 Å². The van der Waals surface area contributed by atoms with E-state index >= 15 is 4.39 Å². The summed E-state index contributed by atoms with van der Waals surface area (Å²) in [7, 11) is 0. The number of benzene rings is 2. The number of esters is 1. The Labute approximate surface area is 205 Å². The van der Waals surface area contributed by atoms with Gasteiger partial charge in [-0.2, -0.15) is 0 Å². The Bertz CT molecular complexity index is 919. The minimum Gasteiger partial charge on any atom is -0.459 e. The fraction of sp³-hybridized carbons (Fsp3) is 0.581. The molecule has 0 spiro atoms. The van der Waals surface area contributed by atoms with Crippen LogP contribution in [0.5, 0.6) is 0 Å². The maximum Gasteiger partial charge on any atom is 0.338 e. The molecular weight excluding hydrogens is 423 g/mol. The van der Waals surface area contributed by atoms with E-state index in [2.05, 4.69) is 19.9 Å². The van der Waals surface area contributed by atoms with Crippen molar-refractivity contribution in [3.05, 3.63) is 59.4 Å². The average molecular weight is 465 g/mol. The normalized spacial score (nSPS) is 25.1. The smallest absolute Gasteiger partial charge is 0.338 e. The molecule has 2 aromatic rings. The summed E-state index contributed by atoms with van der Waals surface area (Å²) in [5.41, 5.74) is 3.07. The third-order valence-corrected chi connectivity index (χ3v) is 8.20. The van der Waals surface area contributed by atoms with Gasteiger partial charge in [0.05, 0.1) is 5.56 Å². The molecule has 4 rings (SSSR count). The second-order valence-electron chi connectivity index (χ2n) is 10.7. The van der Waals surface area contributed by atoms with Gasteiger partial charge in [-0.15, -0.1) is 0 Å². The van der Waals surface area contributed by atoms with Gasteiger partial charge in [0.2, 0.25) is 0 Å². The first-order valence-corrected chi connectivity index (χ1v) is 13.7. The van der Waals surface area contributed by atoms with E-state index in [9.17, 15) is 4.79 Å². The minimum atomic E-state index is -0.264. The largest absolute Gasteiger partial charge is 0.459 e.